The zero-order valence-corrected chi connectivity index (χ0v) is 9.14. The Balaban J connectivity index is 3.08. The lowest BCUT2D eigenvalue weighted by atomic mass is 9.99. The van der Waals surface area contributed by atoms with E-state index in [1.807, 2.05) is 0 Å². The molecule has 0 aromatic rings. The second-order valence-corrected chi connectivity index (χ2v) is 6.31. The van der Waals surface area contributed by atoms with Gasteiger partial charge in [-0.05, 0) is 12.8 Å². The predicted octanol–water partition coefficient (Wildman–Crippen LogP) is 1.21. The zero-order valence-electron chi connectivity index (χ0n) is 8.32. The third kappa shape index (κ3) is 1.92. The molecule has 0 aromatic heterocycles. The van der Waals surface area contributed by atoms with E-state index >= 15 is 0 Å². The Bertz CT molecular complexity index is 310. The molecule has 0 aliphatic heterocycles. The van der Waals surface area contributed by atoms with Gasteiger partial charge >= 0.3 is 5.97 Å². The molecule has 1 saturated carbocycles. The molecule has 4 nitrogen and oxygen atoms in total. The highest BCUT2D eigenvalue weighted by Gasteiger charge is 2.47. The molecular formula is C9H16O4S. The lowest BCUT2D eigenvalue weighted by molar-refractivity contribution is -0.140. The van der Waals surface area contributed by atoms with Crippen LogP contribution in [0.25, 0.3) is 0 Å². The lowest BCUT2D eigenvalue weighted by Gasteiger charge is -2.25. The van der Waals surface area contributed by atoms with Crippen molar-refractivity contribution in [3.63, 3.8) is 0 Å². The van der Waals surface area contributed by atoms with Crippen LogP contribution < -0.4 is 0 Å². The fraction of sp³-hybridized carbons (Fsp3) is 0.889. The molecule has 5 heteroatoms. The van der Waals surface area contributed by atoms with Crippen molar-refractivity contribution in [1.29, 1.82) is 0 Å². The number of aliphatic carboxylic acids is 1. The van der Waals surface area contributed by atoms with Gasteiger partial charge < -0.3 is 5.11 Å². The van der Waals surface area contributed by atoms with Crippen molar-refractivity contribution >= 4 is 15.8 Å². The molecule has 0 unspecified atom stereocenters. The maximum atomic E-state index is 11.5. The van der Waals surface area contributed by atoms with Crippen LogP contribution in [-0.4, -0.2) is 30.5 Å². The van der Waals surface area contributed by atoms with Crippen LogP contribution in [0.3, 0.4) is 0 Å². The summed E-state index contributed by atoms with van der Waals surface area (Å²) in [6.07, 6.45) is 4.82. The highest BCUT2D eigenvalue weighted by atomic mass is 32.2. The standard InChI is InChI=1S/C9H16O4S/c1-14(12,13)9(8(10)11)6-4-2-3-5-7-9/h2-7H2,1H3,(H,10,11). The summed E-state index contributed by atoms with van der Waals surface area (Å²) in [4.78, 5) is 11.1. The van der Waals surface area contributed by atoms with E-state index < -0.39 is 20.6 Å². The third-order valence-corrected chi connectivity index (χ3v) is 5.01. The van der Waals surface area contributed by atoms with Crippen molar-refractivity contribution in [2.24, 2.45) is 0 Å². The smallest absolute Gasteiger partial charge is 0.325 e. The molecule has 1 aliphatic rings. The van der Waals surface area contributed by atoms with Crippen molar-refractivity contribution in [2.45, 2.75) is 43.3 Å². The summed E-state index contributed by atoms with van der Waals surface area (Å²) in [5.41, 5.74) is 0. The van der Waals surface area contributed by atoms with E-state index in [2.05, 4.69) is 0 Å². The van der Waals surface area contributed by atoms with Crippen LogP contribution in [0.5, 0.6) is 0 Å². The first-order valence-electron chi connectivity index (χ1n) is 4.83. The maximum absolute atomic E-state index is 11.5. The summed E-state index contributed by atoms with van der Waals surface area (Å²) < 4.78 is 21.5. The highest BCUT2D eigenvalue weighted by Crippen LogP contribution is 2.33. The average molecular weight is 220 g/mol. The van der Waals surface area contributed by atoms with Gasteiger partial charge in [-0.1, -0.05) is 25.7 Å². The van der Waals surface area contributed by atoms with Crippen molar-refractivity contribution in [3.05, 3.63) is 0 Å². The Labute approximate surface area is 84.2 Å². The molecule has 1 rings (SSSR count). The molecule has 14 heavy (non-hydrogen) atoms. The van der Waals surface area contributed by atoms with Gasteiger partial charge in [-0.2, -0.15) is 0 Å². The van der Waals surface area contributed by atoms with Gasteiger partial charge in [0.15, 0.2) is 14.6 Å². The second kappa shape index (κ2) is 3.88. The first kappa shape index (κ1) is 11.5. The Morgan fingerprint density at radius 2 is 1.57 bits per heavy atom. The number of carbonyl (C=O) groups is 1. The van der Waals surface area contributed by atoms with Crippen LogP contribution in [0.4, 0.5) is 0 Å². The Kier molecular flexibility index (Phi) is 3.19. The Morgan fingerprint density at radius 1 is 1.14 bits per heavy atom. The summed E-state index contributed by atoms with van der Waals surface area (Å²) >= 11 is 0. The molecule has 0 saturated heterocycles. The lowest BCUT2D eigenvalue weighted by Crippen LogP contribution is -2.45. The van der Waals surface area contributed by atoms with Crippen molar-refractivity contribution < 1.29 is 18.3 Å². The summed E-state index contributed by atoms with van der Waals surface area (Å²) in [6.45, 7) is 0. The van der Waals surface area contributed by atoms with E-state index in [9.17, 15) is 13.2 Å². The fourth-order valence-corrected chi connectivity index (χ4v) is 3.39. The first-order chi connectivity index (χ1) is 6.40. The quantitative estimate of drug-likeness (QED) is 0.710. The first-order valence-corrected chi connectivity index (χ1v) is 6.72. The SMILES string of the molecule is CS(=O)(=O)C1(C(=O)O)CCCCCC1. The number of carboxylic acids is 1. The molecule has 0 atom stereocenters. The van der Waals surface area contributed by atoms with Crippen LogP contribution in [-0.2, 0) is 14.6 Å². The van der Waals surface area contributed by atoms with Crippen LogP contribution in [0.1, 0.15) is 38.5 Å². The third-order valence-electron chi connectivity index (χ3n) is 3.01. The van der Waals surface area contributed by atoms with Crippen LogP contribution >= 0.6 is 0 Å². The molecule has 0 radical (unpaired) electrons. The van der Waals surface area contributed by atoms with Gasteiger partial charge in [-0.15, -0.1) is 0 Å². The van der Waals surface area contributed by atoms with Gasteiger partial charge in [0.2, 0.25) is 0 Å². The maximum Gasteiger partial charge on any atom is 0.325 e. The number of rotatable bonds is 2. The van der Waals surface area contributed by atoms with Gasteiger partial charge in [0.25, 0.3) is 0 Å². The van der Waals surface area contributed by atoms with Crippen molar-refractivity contribution in [1.82, 2.24) is 0 Å². The van der Waals surface area contributed by atoms with Crippen LogP contribution in [0, 0.1) is 0 Å². The number of sulfone groups is 1. The van der Waals surface area contributed by atoms with E-state index in [-0.39, 0.29) is 12.8 Å². The summed E-state index contributed by atoms with van der Waals surface area (Å²) in [7, 11) is -3.51. The number of hydrogen-bond acceptors (Lipinski definition) is 3. The van der Waals surface area contributed by atoms with Crippen LogP contribution in [0.15, 0.2) is 0 Å². The summed E-state index contributed by atoms with van der Waals surface area (Å²) in [5.74, 6) is -1.18. The van der Waals surface area contributed by atoms with Gasteiger partial charge in [0.05, 0.1) is 0 Å². The molecule has 0 aromatic carbocycles. The summed E-state index contributed by atoms with van der Waals surface area (Å²) in [6, 6.07) is 0. The van der Waals surface area contributed by atoms with Gasteiger partial charge in [-0.25, -0.2) is 8.42 Å². The van der Waals surface area contributed by atoms with Gasteiger partial charge in [0.1, 0.15) is 0 Å². The largest absolute Gasteiger partial charge is 0.480 e. The van der Waals surface area contributed by atoms with Crippen LogP contribution in [0.2, 0.25) is 0 Å². The number of hydrogen-bond donors (Lipinski definition) is 1. The molecule has 0 heterocycles. The van der Waals surface area contributed by atoms with E-state index in [0.717, 1.165) is 19.1 Å². The molecule has 0 bridgehead atoms. The minimum absolute atomic E-state index is 0.265. The van der Waals surface area contributed by atoms with Gasteiger partial charge in [-0.3, -0.25) is 4.79 Å². The van der Waals surface area contributed by atoms with E-state index in [0.29, 0.717) is 12.8 Å². The van der Waals surface area contributed by atoms with E-state index in [1.165, 1.54) is 0 Å². The molecule has 1 N–H and O–H groups in total. The fourth-order valence-electron chi connectivity index (χ4n) is 2.04. The monoisotopic (exact) mass is 220 g/mol. The van der Waals surface area contributed by atoms with Gasteiger partial charge in [0, 0.05) is 6.26 Å². The number of carboxylic acid groups (broad SMARTS) is 1. The molecular weight excluding hydrogens is 204 g/mol. The van der Waals surface area contributed by atoms with E-state index in [1.54, 1.807) is 0 Å². The average Bonchev–Trinajstić information content (AvgIpc) is 2.26. The zero-order chi connectivity index (χ0) is 10.8. The minimum atomic E-state index is -3.51. The Morgan fingerprint density at radius 3 is 1.86 bits per heavy atom. The van der Waals surface area contributed by atoms with E-state index in [4.69, 9.17) is 5.11 Å². The molecule has 82 valence electrons. The molecule has 0 spiro atoms. The second-order valence-electron chi connectivity index (χ2n) is 3.99. The normalized spacial score (nSPS) is 22.6. The predicted molar refractivity (Wildman–Crippen MR) is 52.9 cm³/mol. The molecule has 1 fully saturated rings. The topological polar surface area (TPSA) is 71.4 Å². The Hall–Kier alpha value is -0.580. The molecule has 0 amide bonds. The molecule has 1 aliphatic carbocycles. The summed E-state index contributed by atoms with van der Waals surface area (Å²) in [5, 5.41) is 9.07. The minimum Gasteiger partial charge on any atom is -0.480 e. The van der Waals surface area contributed by atoms with Crippen molar-refractivity contribution in [2.75, 3.05) is 6.26 Å². The highest BCUT2D eigenvalue weighted by molar-refractivity contribution is 7.92. The van der Waals surface area contributed by atoms with Crippen molar-refractivity contribution in [3.8, 4) is 0 Å².